The Morgan fingerprint density at radius 1 is 1.15 bits per heavy atom. The number of methoxy groups -OCH3 is 1. The highest BCUT2D eigenvalue weighted by Gasteiger charge is 2.23. The second kappa shape index (κ2) is 6.95. The molecule has 4 rings (SSSR count). The van der Waals surface area contributed by atoms with E-state index in [4.69, 9.17) is 4.74 Å². The summed E-state index contributed by atoms with van der Waals surface area (Å²) in [5.41, 5.74) is 3.72. The fourth-order valence-electron chi connectivity index (χ4n) is 3.07. The number of benzene rings is 2. The van der Waals surface area contributed by atoms with Gasteiger partial charge in [-0.1, -0.05) is 42.5 Å². The average Bonchev–Trinajstić information content (AvgIpc) is 3.27. The van der Waals surface area contributed by atoms with Crippen LogP contribution in [-0.4, -0.2) is 39.2 Å². The van der Waals surface area contributed by atoms with Gasteiger partial charge in [0.25, 0.3) is 0 Å². The molecular formula is C20H19N5O2. The largest absolute Gasteiger partial charge is 0.492 e. The minimum Gasteiger partial charge on any atom is -0.492 e. The Morgan fingerprint density at radius 2 is 1.89 bits per heavy atom. The first kappa shape index (κ1) is 16.8. The standard InChI is InChI=1S/C20H19N5O2/c1-25-18(19(27-2)17(24-25)13-8-4-3-5-9-13)16(26)12-21-20-22-14-10-6-7-11-15(14)23-20/h3-11H,12H2,1-2H3,(H2,21,22,23). The van der Waals surface area contributed by atoms with E-state index in [0.29, 0.717) is 23.1 Å². The molecule has 0 amide bonds. The van der Waals surface area contributed by atoms with Crippen molar-refractivity contribution >= 4 is 22.8 Å². The number of fused-ring (bicyclic) bond motifs is 1. The summed E-state index contributed by atoms with van der Waals surface area (Å²) in [6.07, 6.45) is 0. The third kappa shape index (κ3) is 3.15. The fourth-order valence-corrected chi connectivity index (χ4v) is 3.07. The van der Waals surface area contributed by atoms with Crippen LogP contribution in [-0.2, 0) is 7.05 Å². The summed E-state index contributed by atoms with van der Waals surface area (Å²) in [4.78, 5) is 20.4. The quantitative estimate of drug-likeness (QED) is 0.515. The van der Waals surface area contributed by atoms with Crippen LogP contribution in [0.2, 0.25) is 0 Å². The van der Waals surface area contributed by atoms with Crippen molar-refractivity contribution in [3.63, 3.8) is 0 Å². The van der Waals surface area contributed by atoms with Gasteiger partial charge in [-0.2, -0.15) is 5.10 Å². The smallest absolute Gasteiger partial charge is 0.203 e. The summed E-state index contributed by atoms with van der Waals surface area (Å²) < 4.78 is 7.08. The number of ketones is 1. The van der Waals surface area contributed by atoms with Crippen LogP contribution in [0.25, 0.3) is 22.3 Å². The Bertz CT molecular complexity index is 1070. The highest BCUT2D eigenvalue weighted by molar-refractivity contribution is 6.01. The minimum atomic E-state index is -0.135. The van der Waals surface area contributed by atoms with Crippen molar-refractivity contribution in [1.29, 1.82) is 0 Å². The predicted octanol–water partition coefficient (Wildman–Crippen LogP) is 3.27. The number of ether oxygens (including phenoxy) is 1. The molecule has 27 heavy (non-hydrogen) atoms. The zero-order chi connectivity index (χ0) is 18.8. The molecule has 0 saturated carbocycles. The number of anilines is 1. The Labute approximate surface area is 156 Å². The second-order valence-corrected chi connectivity index (χ2v) is 6.10. The molecule has 0 atom stereocenters. The number of aryl methyl sites for hydroxylation is 1. The van der Waals surface area contributed by atoms with Crippen LogP contribution in [0.1, 0.15) is 10.5 Å². The molecule has 0 fully saturated rings. The van der Waals surface area contributed by atoms with Crippen LogP contribution in [0.5, 0.6) is 5.75 Å². The van der Waals surface area contributed by atoms with Crippen LogP contribution < -0.4 is 10.1 Å². The number of aromatic nitrogens is 4. The fraction of sp³-hybridized carbons (Fsp3) is 0.150. The lowest BCUT2D eigenvalue weighted by Gasteiger charge is -2.06. The van der Waals surface area contributed by atoms with Gasteiger partial charge in [0.15, 0.2) is 5.75 Å². The van der Waals surface area contributed by atoms with E-state index < -0.39 is 0 Å². The number of rotatable bonds is 6. The summed E-state index contributed by atoms with van der Waals surface area (Å²) in [7, 11) is 3.29. The van der Waals surface area contributed by atoms with Gasteiger partial charge in [-0.3, -0.25) is 9.48 Å². The van der Waals surface area contributed by atoms with E-state index in [1.165, 1.54) is 0 Å². The van der Waals surface area contributed by atoms with Gasteiger partial charge in [0.2, 0.25) is 11.7 Å². The lowest BCUT2D eigenvalue weighted by atomic mass is 10.1. The van der Waals surface area contributed by atoms with Crippen LogP contribution in [0.3, 0.4) is 0 Å². The van der Waals surface area contributed by atoms with Gasteiger partial charge in [0, 0.05) is 12.6 Å². The van der Waals surface area contributed by atoms with Crippen molar-refractivity contribution in [3.05, 3.63) is 60.3 Å². The molecule has 0 unspecified atom stereocenters. The Balaban J connectivity index is 1.59. The van der Waals surface area contributed by atoms with Crippen LogP contribution in [0.15, 0.2) is 54.6 Å². The number of nitrogens with zero attached hydrogens (tertiary/aromatic N) is 3. The summed E-state index contributed by atoms with van der Waals surface area (Å²) in [5, 5.41) is 7.53. The molecule has 0 aliphatic rings. The number of para-hydroxylation sites is 2. The molecule has 7 heteroatoms. The molecule has 2 N–H and O–H groups in total. The number of nitrogens with one attached hydrogen (secondary N) is 2. The number of carbonyl (C=O) groups excluding carboxylic acids is 1. The monoisotopic (exact) mass is 361 g/mol. The zero-order valence-electron chi connectivity index (χ0n) is 15.1. The Hall–Kier alpha value is -3.61. The number of carbonyl (C=O) groups is 1. The van der Waals surface area contributed by atoms with Gasteiger partial charge < -0.3 is 15.0 Å². The van der Waals surface area contributed by atoms with E-state index in [9.17, 15) is 4.79 Å². The van der Waals surface area contributed by atoms with E-state index in [2.05, 4.69) is 20.4 Å². The Morgan fingerprint density at radius 3 is 2.63 bits per heavy atom. The van der Waals surface area contributed by atoms with Crippen LogP contribution >= 0.6 is 0 Å². The normalized spacial score (nSPS) is 10.9. The zero-order valence-corrected chi connectivity index (χ0v) is 15.1. The van der Waals surface area contributed by atoms with Crippen molar-refractivity contribution in [1.82, 2.24) is 19.7 Å². The van der Waals surface area contributed by atoms with Crippen LogP contribution in [0.4, 0.5) is 5.95 Å². The third-order valence-corrected chi connectivity index (χ3v) is 4.32. The maximum atomic E-state index is 12.8. The molecule has 0 radical (unpaired) electrons. The van der Waals surface area contributed by atoms with Crippen molar-refractivity contribution in [2.75, 3.05) is 19.0 Å². The maximum Gasteiger partial charge on any atom is 0.203 e. The number of hydrogen-bond donors (Lipinski definition) is 2. The van der Waals surface area contributed by atoms with E-state index in [0.717, 1.165) is 16.6 Å². The second-order valence-electron chi connectivity index (χ2n) is 6.10. The van der Waals surface area contributed by atoms with Gasteiger partial charge in [-0.15, -0.1) is 0 Å². The van der Waals surface area contributed by atoms with Crippen molar-refractivity contribution in [2.45, 2.75) is 0 Å². The highest BCUT2D eigenvalue weighted by atomic mass is 16.5. The lowest BCUT2D eigenvalue weighted by Crippen LogP contribution is -2.18. The van der Waals surface area contributed by atoms with E-state index in [-0.39, 0.29) is 12.3 Å². The van der Waals surface area contributed by atoms with Gasteiger partial charge >= 0.3 is 0 Å². The molecule has 0 saturated heterocycles. The van der Waals surface area contributed by atoms with Crippen molar-refractivity contribution < 1.29 is 9.53 Å². The lowest BCUT2D eigenvalue weighted by molar-refractivity contribution is 0.0994. The number of H-pyrrole nitrogens is 1. The summed E-state index contributed by atoms with van der Waals surface area (Å²) in [5.74, 6) is 0.888. The molecule has 2 aromatic heterocycles. The SMILES string of the molecule is COc1c(-c2ccccc2)nn(C)c1C(=O)CNc1nc2ccccc2[nH]1. The number of hydrogen-bond acceptors (Lipinski definition) is 5. The number of aromatic amines is 1. The first-order chi connectivity index (χ1) is 13.2. The molecule has 2 heterocycles. The van der Waals surface area contributed by atoms with Gasteiger partial charge in [-0.25, -0.2) is 4.98 Å². The third-order valence-electron chi connectivity index (χ3n) is 4.32. The topological polar surface area (TPSA) is 84.8 Å². The van der Waals surface area contributed by atoms with E-state index in [1.807, 2.05) is 54.6 Å². The first-order valence-electron chi connectivity index (χ1n) is 8.55. The van der Waals surface area contributed by atoms with Gasteiger partial charge in [-0.05, 0) is 12.1 Å². The molecule has 0 aliphatic carbocycles. The molecule has 7 nitrogen and oxygen atoms in total. The van der Waals surface area contributed by atoms with Gasteiger partial charge in [0.05, 0.1) is 24.7 Å². The Kier molecular flexibility index (Phi) is 4.33. The minimum absolute atomic E-state index is 0.0734. The number of imidazole rings is 1. The van der Waals surface area contributed by atoms with Gasteiger partial charge in [0.1, 0.15) is 11.4 Å². The molecule has 0 aliphatic heterocycles. The van der Waals surface area contributed by atoms with E-state index >= 15 is 0 Å². The van der Waals surface area contributed by atoms with E-state index in [1.54, 1.807) is 18.8 Å². The molecule has 4 aromatic rings. The number of Topliss-reactive ketones (excluding diaryl/α,β-unsaturated/α-hetero) is 1. The molecule has 2 aromatic carbocycles. The summed E-state index contributed by atoms with van der Waals surface area (Å²) >= 11 is 0. The summed E-state index contributed by atoms with van der Waals surface area (Å²) in [6.45, 7) is 0.0734. The molecule has 0 bridgehead atoms. The maximum absolute atomic E-state index is 12.8. The molecule has 0 spiro atoms. The van der Waals surface area contributed by atoms with Crippen molar-refractivity contribution in [3.8, 4) is 17.0 Å². The predicted molar refractivity (Wildman–Crippen MR) is 104 cm³/mol. The van der Waals surface area contributed by atoms with Crippen molar-refractivity contribution in [2.24, 2.45) is 7.05 Å². The average molecular weight is 361 g/mol. The molecular weight excluding hydrogens is 342 g/mol. The molecule has 136 valence electrons. The summed E-state index contributed by atoms with van der Waals surface area (Å²) in [6, 6.07) is 17.4. The highest BCUT2D eigenvalue weighted by Crippen LogP contribution is 2.32. The first-order valence-corrected chi connectivity index (χ1v) is 8.55. The van der Waals surface area contributed by atoms with Crippen LogP contribution in [0, 0.1) is 0 Å².